The molecule has 1 aromatic heterocycles. The van der Waals surface area contributed by atoms with E-state index in [1.165, 1.54) is 0 Å². The van der Waals surface area contributed by atoms with Gasteiger partial charge in [0.15, 0.2) is 5.69 Å². The molecule has 0 aromatic carbocycles. The Balaban J connectivity index is 1.32. The molecule has 3 N–H and O–H groups in total. The van der Waals surface area contributed by atoms with Gasteiger partial charge < -0.3 is 20.5 Å². The number of hydrogen-bond donors (Lipinski definition) is 2. The highest BCUT2D eigenvalue weighted by Crippen LogP contribution is 2.40. The minimum absolute atomic E-state index is 0.0716. The van der Waals surface area contributed by atoms with Gasteiger partial charge in [0.05, 0.1) is 0 Å². The summed E-state index contributed by atoms with van der Waals surface area (Å²) in [7, 11) is 0. The van der Waals surface area contributed by atoms with Gasteiger partial charge in [-0.2, -0.15) is 0 Å². The zero-order valence-electron chi connectivity index (χ0n) is 16.7. The fourth-order valence-corrected chi connectivity index (χ4v) is 4.68. The smallest absolute Gasteiger partial charge is 0.273 e. The third kappa shape index (κ3) is 4.24. The maximum absolute atomic E-state index is 13.0. The average molecular weight is 389 g/mol. The fraction of sp³-hybridized carbons (Fsp3) is 0.762. The van der Waals surface area contributed by atoms with Crippen LogP contribution in [0.15, 0.2) is 10.6 Å². The van der Waals surface area contributed by atoms with Crippen molar-refractivity contribution in [2.24, 2.45) is 11.7 Å². The number of carbonyl (C=O) groups excluding carboxylic acids is 2. The summed E-state index contributed by atoms with van der Waals surface area (Å²) in [5.41, 5.74) is 6.35. The normalized spacial score (nSPS) is 30.9. The van der Waals surface area contributed by atoms with Gasteiger partial charge in [-0.15, -0.1) is 0 Å². The Bertz CT molecular complexity index is 706. The first kappa shape index (κ1) is 19.4. The highest BCUT2D eigenvalue weighted by atomic mass is 16.5. The number of rotatable bonds is 5. The monoisotopic (exact) mass is 388 g/mol. The van der Waals surface area contributed by atoms with Gasteiger partial charge in [-0.25, -0.2) is 0 Å². The topological polar surface area (TPSA) is 101 Å². The van der Waals surface area contributed by atoms with Gasteiger partial charge in [0, 0.05) is 42.6 Å². The van der Waals surface area contributed by atoms with Crippen LogP contribution in [0, 0.1) is 5.92 Å². The molecule has 7 heteroatoms. The lowest BCUT2D eigenvalue weighted by molar-refractivity contribution is -0.140. The van der Waals surface area contributed by atoms with Crippen molar-refractivity contribution in [3.05, 3.63) is 17.5 Å². The van der Waals surface area contributed by atoms with Crippen LogP contribution in [0.5, 0.6) is 0 Å². The first-order chi connectivity index (χ1) is 13.5. The van der Waals surface area contributed by atoms with E-state index in [4.69, 9.17) is 10.3 Å². The Hall–Kier alpha value is -1.89. The van der Waals surface area contributed by atoms with Crippen LogP contribution in [0.25, 0.3) is 0 Å². The minimum atomic E-state index is -0.170. The highest BCUT2D eigenvalue weighted by molar-refractivity contribution is 5.92. The van der Waals surface area contributed by atoms with Crippen LogP contribution in [0.1, 0.15) is 86.9 Å². The molecule has 1 aromatic rings. The van der Waals surface area contributed by atoms with E-state index in [2.05, 4.69) is 22.3 Å². The molecule has 2 amide bonds. The zero-order chi connectivity index (χ0) is 19.7. The van der Waals surface area contributed by atoms with E-state index >= 15 is 0 Å². The molecular weight excluding hydrogens is 356 g/mol. The SMILES string of the molecule is CC[C@H]1CC(NC(=O)c2cc(C3CC3)on2)CCN1C(=O)[C@H]1CC[C@H](N)CC1. The first-order valence-electron chi connectivity index (χ1n) is 10.9. The third-order valence-electron chi connectivity index (χ3n) is 6.67. The summed E-state index contributed by atoms with van der Waals surface area (Å²) in [4.78, 5) is 27.6. The molecule has 2 atom stereocenters. The maximum atomic E-state index is 13.0. The standard InChI is InChI=1S/C21H32N4O3/c1-2-17-11-16(23-20(26)18-12-19(28-24-18)13-3-4-13)9-10-25(17)21(27)14-5-7-15(22)8-6-14/h12-17H,2-11,22H2,1H3,(H,23,26)/t14-,15-,16?,17-/m0/s1. The molecule has 7 nitrogen and oxygen atoms in total. The Labute approximate surface area is 166 Å². The molecule has 0 radical (unpaired) electrons. The number of carbonyl (C=O) groups is 2. The molecule has 2 heterocycles. The summed E-state index contributed by atoms with van der Waals surface area (Å²) in [6, 6.07) is 2.28. The van der Waals surface area contributed by atoms with Crippen LogP contribution in [0.3, 0.4) is 0 Å². The second kappa shape index (κ2) is 8.23. The number of nitrogens with two attached hydrogens (primary N) is 1. The van der Waals surface area contributed by atoms with E-state index in [9.17, 15) is 9.59 Å². The number of hydrogen-bond acceptors (Lipinski definition) is 5. The summed E-state index contributed by atoms with van der Waals surface area (Å²) in [5, 5.41) is 7.03. The lowest BCUT2D eigenvalue weighted by Gasteiger charge is -2.41. The second-order valence-electron chi connectivity index (χ2n) is 8.79. The molecule has 154 valence electrons. The quantitative estimate of drug-likeness (QED) is 0.807. The van der Waals surface area contributed by atoms with E-state index < -0.39 is 0 Å². The summed E-state index contributed by atoms with van der Waals surface area (Å²) in [5.74, 6) is 1.51. The molecule has 3 fully saturated rings. The fourth-order valence-electron chi connectivity index (χ4n) is 4.68. The summed E-state index contributed by atoms with van der Waals surface area (Å²) in [6.07, 6.45) is 8.43. The lowest BCUT2D eigenvalue weighted by atomic mass is 9.84. The summed E-state index contributed by atoms with van der Waals surface area (Å²) < 4.78 is 5.29. The van der Waals surface area contributed by atoms with Gasteiger partial charge in [0.25, 0.3) is 5.91 Å². The van der Waals surface area contributed by atoms with Crippen LogP contribution in [-0.4, -0.2) is 46.5 Å². The number of piperidine rings is 1. The van der Waals surface area contributed by atoms with Gasteiger partial charge in [-0.05, 0) is 57.8 Å². The van der Waals surface area contributed by atoms with Crippen molar-refractivity contribution in [1.82, 2.24) is 15.4 Å². The molecule has 3 aliphatic rings. The molecule has 4 rings (SSSR count). The van der Waals surface area contributed by atoms with Crippen molar-refractivity contribution >= 4 is 11.8 Å². The molecular formula is C21H32N4O3. The molecule has 1 saturated heterocycles. The molecule has 1 unspecified atom stereocenters. The summed E-state index contributed by atoms with van der Waals surface area (Å²) in [6.45, 7) is 2.82. The Morgan fingerprint density at radius 3 is 2.64 bits per heavy atom. The molecule has 0 spiro atoms. The van der Waals surface area contributed by atoms with Gasteiger partial charge >= 0.3 is 0 Å². The van der Waals surface area contributed by atoms with Crippen LogP contribution < -0.4 is 11.1 Å². The van der Waals surface area contributed by atoms with Gasteiger partial charge in [-0.1, -0.05) is 12.1 Å². The van der Waals surface area contributed by atoms with Crippen molar-refractivity contribution in [3.63, 3.8) is 0 Å². The first-order valence-corrected chi connectivity index (χ1v) is 10.9. The molecule has 28 heavy (non-hydrogen) atoms. The Morgan fingerprint density at radius 2 is 1.96 bits per heavy atom. The molecule has 2 aliphatic carbocycles. The molecule has 2 saturated carbocycles. The van der Waals surface area contributed by atoms with Crippen molar-refractivity contribution in [1.29, 1.82) is 0 Å². The van der Waals surface area contributed by atoms with Crippen LogP contribution in [-0.2, 0) is 4.79 Å². The predicted octanol–water partition coefficient (Wildman–Crippen LogP) is 2.57. The largest absolute Gasteiger partial charge is 0.360 e. The Kier molecular flexibility index (Phi) is 5.71. The number of aromatic nitrogens is 1. The van der Waals surface area contributed by atoms with Crippen molar-refractivity contribution in [2.75, 3.05) is 6.54 Å². The van der Waals surface area contributed by atoms with Gasteiger partial charge in [-0.3, -0.25) is 9.59 Å². The number of nitrogens with one attached hydrogen (secondary N) is 1. The van der Waals surface area contributed by atoms with E-state index in [0.717, 1.165) is 63.5 Å². The third-order valence-corrected chi connectivity index (χ3v) is 6.67. The maximum Gasteiger partial charge on any atom is 0.273 e. The molecule has 0 bridgehead atoms. The minimum Gasteiger partial charge on any atom is -0.360 e. The predicted molar refractivity (Wildman–Crippen MR) is 105 cm³/mol. The Morgan fingerprint density at radius 1 is 1.21 bits per heavy atom. The average Bonchev–Trinajstić information content (AvgIpc) is 3.44. The van der Waals surface area contributed by atoms with Crippen LogP contribution in [0.2, 0.25) is 0 Å². The summed E-state index contributed by atoms with van der Waals surface area (Å²) >= 11 is 0. The highest BCUT2D eigenvalue weighted by Gasteiger charge is 2.36. The lowest BCUT2D eigenvalue weighted by Crippen LogP contribution is -2.53. The van der Waals surface area contributed by atoms with Gasteiger partial charge in [0.2, 0.25) is 5.91 Å². The van der Waals surface area contributed by atoms with Crippen LogP contribution >= 0.6 is 0 Å². The van der Waals surface area contributed by atoms with Crippen molar-refractivity contribution in [3.8, 4) is 0 Å². The van der Waals surface area contributed by atoms with E-state index in [-0.39, 0.29) is 35.9 Å². The van der Waals surface area contributed by atoms with Crippen LogP contribution in [0.4, 0.5) is 0 Å². The van der Waals surface area contributed by atoms with Gasteiger partial charge in [0.1, 0.15) is 5.76 Å². The van der Waals surface area contributed by atoms with E-state index in [1.807, 2.05) is 0 Å². The zero-order valence-corrected chi connectivity index (χ0v) is 16.7. The van der Waals surface area contributed by atoms with Crippen molar-refractivity contribution in [2.45, 2.75) is 88.8 Å². The van der Waals surface area contributed by atoms with E-state index in [1.54, 1.807) is 6.07 Å². The number of amides is 2. The molecule has 1 aliphatic heterocycles. The number of nitrogens with zero attached hydrogens (tertiary/aromatic N) is 2. The second-order valence-corrected chi connectivity index (χ2v) is 8.79. The number of likely N-dealkylation sites (tertiary alicyclic amines) is 1. The van der Waals surface area contributed by atoms with E-state index in [0.29, 0.717) is 18.2 Å². The van der Waals surface area contributed by atoms with Crippen molar-refractivity contribution < 1.29 is 14.1 Å².